The Labute approximate surface area is 156 Å². The van der Waals surface area contributed by atoms with E-state index in [-0.39, 0.29) is 11.9 Å². The van der Waals surface area contributed by atoms with Crippen molar-refractivity contribution in [3.8, 4) is 5.75 Å². The number of piperidine rings is 1. The number of fused-ring (bicyclic) bond motifs is 1. The minimum Gasteiger partial charge on any atom is -0.489 e. The number of hydrogen-bond donors (Lipinski definition) is 1. The van der Waals surface area contributed by atoms with Crippen LogP contribution < -0.4 is 10.1 Å². The van der Waals surface area contributed by atoms with Crippen molar-refractivity contribution in [1.82, 2.24) is 10.2 Å². The van der Waals surface area contributed by atoms with Gasteiger partial charge < -0.3 is 15.0 Å². The summed E-state index contributed by atoms with van der Waals surface area (Å²) in [6, 6.07) is 14.2. The van der Waals surface area contributed by atoms with Crippen LogP contribution in [0, 0.1) is 0 Å². The second kappa shape index (κ2) is 7.18. The van der Waals surface area contributed by atoms with Crippen LogP contribution in [0.2, 0.25) is 0 Å². The van der Waals surface area contributed by atoms with Crippen LogP contribution in [0.4, 0.5) is 0 Å². The molecule has 0 saturated carbocycles. The van der Waals surface area contributed by atoms with Gasteiger partial charge in [-0.2, -0.15) is 0 Å². The number of amides is 1. The highest BCUT2D eigenvalue weighted by molar-refractivity contribution is 9.10. The molecule has 2 heterocycles. The van der Waals surface area contributed by atoms with Crippen molar-refractivity contribution in [1.29, 1.82) is 0 Å². The van der Waals surface area contributed by atoms with Crippen molar-refractivity contribution in [2.24, 2.45) is 0 Å². The van der Waals surface area contributed by atoms with Crippen LogP contribution in [-0.2, 0) is 13.2 Å². The van der Waals surface area contributed by atoms with Gasteiger partial charge in [0.25, 0.3) is 5.91 Å². The molecular weight excluding hydrogens is 380 g/mol. The Bertz CT molecular complexity index is 787. The van der Waals surface area contributed by atoms with E-state index in [2.05, 4.69) is 21.2 Å². The molecule has 1 saturated heterocycles. The van der Waals surface area contributed by atoms with E-state index in [1.165, 1.54) is 0 Å². The number of ether oxygens (including phenoxy) is 1. The van der Waals surface area contributed by atoms with Gasteiger partial charge in [0.1, 0.15) is 12.4 Å². The molecule has 0 spiro atoms. The number of benzene rings is 2. The molecule has 130 valence electrons. The average molecular weight is 401 g/mol. The van der Waals surface area contributed by atoms with Gasteiger partial charge in [0.2, 0.25) is 0 Å². The Morgan fingerprint density at radius 3 is 2.92 bits per heavy atom. The summed E-state index contributed by atoms with van der Waals surface area (Å²) in [5, 5.41) is 3.40. The number of halogens is 1. The van der Waals surface area contributed by atoms with Crippen molar-refractivity contribution < 1.29 is 9.53 Å². The van der Waals surface area contributed by atoms with E-state index in [1.807, 2.05) is 47.4 Å². The maximum atomic E-state index is 12.8. The van der Waals surface area contributed by atoms with E-state index in [0.717, 1.165) is 52.8 Å². The molecule has 5 heteroatoms. The minimum absolute atomic E-state index is 0.136. The van der Waals surface area contributed by atoms with Crippen LogP contribution in [0.5, 0.6) is 5.75 Å². The molecule has 0 radical (unpaired) electrons. The number of rotatable bonds is 4. The molecule has 1 fully saturated rings. The van der Waals surface area contributed by atoms with Crippen molar-refractivity contribution in [3.05, 3.63) is 63.6 Å². The van der Waals surface area contributed by atoms with Crippen molar-refractivity contribution in [2.45, 2.75) is 32.0 Å². The topological polar surface area (TPSA) is 41.6 Å². The minimum atomic E-state index is 0.136. The first-order valence-corrected chi connectivity index (χ1v) is 9.52. The fourth-order valence-corrected chi connectivity index (χ4v) is 4.09. The summed E-state index contributed by atoms with van der Waals surface area (Å²) < 4.78 is 7.10. The lowest BCUT2D eigenvalue weighted by Crippen LogP contribution is -2.46. The van der Waals surface area contributed by atoms with Gasteiger partial charge >= 0.3 is 0 Å². The number of hydrogen-bond acceptors (Lipinski definition) is 3. The van der Waals surface area contributed by atoms with E-state index in [9.17, 15) is 4.79 Å². The monoisotopic (exact) mass is 400 g/mol. The number of nitrogens with one attached hydrogen (secondary N) is 1. The van der Waals surface area contributed by atoms with Crippen LogP contribution in [-0.4, -0.2) is 29.9 Å². The molecule has 4 nitrogen and oxygen atoms in total. The highest BCUT2D eigenvalue weighted by atomic mass is 79.9. The van der Waals surface area contributed by atoms with Crippen LogP contribution >= 0.6 is 15.9 Å². The van der Waals surface area contributed by atoms with E-state index >= 15 is 0 Å². The molecule has 2 aliphatic heterocycles. The van der Waals surface area contributed by atoms with Gasteiger partial charge in [0.15, 0.2) is 0 Å². The lowest BCUT2D eigenvalue weighted by molar-refractivity contribution is 0.0674. The third kappa shape index (κ3) is 3.44. The normalized spacial score (nSPS) is 19.8. The molecular formula is C20H21BrN2O2. The van der Waals surface area contributed by atoms with Gasteiger partial charge in [-0.3, -0.25) is 4.79 Å². The van der Waals surface area contributed by atoms with Crippen molar-refractivity contribution in [2.75, 3.05) is 13.1 Å². The summed E-state index contributed by atoms with van der Waals surface area (Å²) in [6.07, 6.45) is 2.19. The standard InChI is InChI=1S/C20H21BrN2O2/c21-15-5-1-4-14(10-15)13-25-19-8-2-7-17-18(19)12-23(20(17)24)16-6-3-9-22-11-16/h1-2,4-5,7-8,10,16,22H,3,6,9,11-13H2. The molecule has 1 amide bonds. The smallest absolute Gasteiger partial charge is 0.254 e. The predicted octanol–water partition coefficient (Wildman–Crippen LogP) is 3.74. The van der Waals surface area contributed by atoms with Gasteiger partial charge in [0.05, 0.1) is 6.54 Å². The summed E-state index contributed by atoms with van der Waals surface area (Å²) in [5.41, 5.74) is 2.91. The maximum Gasteiger partial charge on any atom is 0.254 e. The zero-order chi connectivity index (χ0) is 17.2. The molecule has 0 aromatic heterocycles. The van der Waals surface area contributed by atoms with Gasteiger partial charge in [-0.1, -0.05) is 34.1 Å². The Hall–Kier alpha value is -1.85. The summed E-state index contributed by atoms with van der Waals surface area (Å²) in [4.78, 5) is 14.8. The highest BCUT2D eigenvalue weighted by Crippen LogP contribution is 2.33. The quantitative estimate of drug-likeness (QED) is 0.849. The number of carbonyl (C=O) groups is 1. The Kier molecular flexibility index (Phi) is 4.77. The molecule has 1 atom stereocenters. The molecule has 2 aliphatic rings. The third-order valence-electron chi connectivity index (χ3n) is 4.95. The molecule has 25 heavy (non-hydrogen) atoms. The maximum absolute atomic E-state index is 12.8. The summed E-state index contributed by atoms with van der Waals surface area (Å²) >= 11 is 3.49. The fraction of sp³-hybridized carbons (Fsp3) is 0.350. The van der Waals surface area contributed by atoms with E-state index < -0.39 is 0 Å². The first-order valence-electron chi connectivity index (χ1n) is 8.73. The lowest BCUT2D eigenvalue weighted by atomic mass is 10.1. The summed E-state index contributed by atoms with van der Waals surface area (Å²) in [5.74, 6) is 0.952. The largest absolute Gasteiger partial charge is 0.489 e. The fourth-order valence-electron chi connectivity index (χ4n) is 3.64. The van der Waals surface area contributed by atoms with Crippen molar-refractivity contribution in [3.63, 3.8) is 0 Å². The first-order chi connectivity index (χ1) is 12.2. The molecule has 1 unspecified atom stereocenters. The molecule has 2 aromatic carbocycles. The van der Waals surface area contributed by atoms with Crippen LogP contribution in [0.15, 0.2) is 46.9 Å². The molecule has 1 N–H and O–H groups in total. The summed E-state index contributed by atoms with van der Waals surface area (Å²) in [6.45, 7) is 3.07. The average Bonchev–Trinajstić information content (AvgIpc) is 2.98. The molecule has 2 aromatic rings. The first kappa shape index (κ1) is 16.6. The SMILES string of the molecule is O=C1c2cccc(OCc3cccc(Br)c3)c2CN1C1CCCNC1. The Morgan fingerprint density at radius 1 is 1.24 bits per heavy atom. The predicted molar refractivity (Wildman–Crippen MR) is 101 cm³/mol. The third-order valence-corrected chi connectivity index (χ3v) is 5.44. The zero-order valence-corrected chi connectivity index (χ0v) is 15.6. The molecule has 0 bridgehead atoms. The summed E-state index contributed by atoms with van der Waals surface area (Å²) in [7, 11) is 0. The van der Waals surface area contributed by atoms with Crippen LogP contribution in [0.25, 0.3) is 0 Å². The van der Waals surface area contributed by atoms with Gasteiger partial charge in [-0.05, 0) is 49.2 Å². The Balaban J connectivity index is 1.52. The number of nitrogens with zero attached hydrogens (tertiary/aromatic N) is 1. The number of carbonyl (C=O) groups excluding carboxylic acids is 1. The van der Waals surface area contributed by atoms with E-state index in [0.29, 0.717) is 13.2 Å². The van der Waals surface area contributed by atoms with Gasteiger partial charge in [-0.15, -0.1) is 0 Å². The zero-order valence-electron chi connectivity index (χ0n) is 14.0. The second-order valence-electron chi connectivity index (χ2n) is 6.63. The Morgan fingerprint density at radius 2 is 2.12 bits per heavy atom. The highest BCUT2D eigenvalue weighted by Gasteiger charge is 2.34. The second-order valence-corrected chi connectivity index (χ2v) is 7.55. The van der Waals surface area contributed by atoms with Crippen LogP contribution in [0.3, 0.4) is 0 Å². The van der Waals surface area contributed by atoms with Crippen LogP contribution in [0.1, 0.15) is 34.3 Å². The van der Waals surface area contributed by atoms with Gasteiger partial charge in [-0.25, -0.2) is 0 Å². The van der Waals surface area contributed by atoms with Gasteiger partial charge in [0, 0.05) is 28.2 Å². The van der Waals surface area contributed by atoms with E-state index in [1.54, 1.807) is 0 Å². The lowest BCUT2D eigenvalue weighted by Gasteiger charge is -2.31. The van der Waals surface area contributed by atoms with E-state index in [4.69, 9.17) is 4.74 Å². The van der Waals surface area contributed by atoms with Crippen molar-refractivity contribution >= 4 is 21.8 Å². The molecule has 4 rings (SSSR count). The molecule has 0 aliphatic carbocycles.